The highest BCUT2D eigenvalue weighted by Crippen LogP contribution is 2.30. The highest BCUT2D eigenvalue weighted by atomic mass is 19.2. The van der Waals surface area contributed by atoms with Gasteiger partial charge < -0.3 is 0 Å². The van der Waals surface area contributed by atoms with Gasteiger partial charge in [0.15, 0.2) is 11.6 Å². The summed E-state index contributed by atoms with van der Waals surface area (Å²) < 4.78 is 139. The normalized spacial score (nSPS) is 17.2. The largest absolute Gasteiger partial charge is 0.207 e. The van der Waals surface area contributed by atoms with Crippen molar-refractivity contribution in [3.05, 3.63) is 316 Å². The second-order valence-corrected chi connectivity index (χ2v) is 33.9. The Kier molecular flexibility index (Phi) is 68.5. The Morgan fingerprint density at radius 2 is 0.289 bits per heavy atom. The summed E-state index contributed by atoms with van der Waals surface area (Å²) in [7, 11) is 0. The summed E-state index contributed by atoms with van der Waals surface area (Å²) in [6.45, 7) is 50.5. The number of aryl methyl sites for hydroxylation is 15. The molecule has 0 N–H and O–H groups in total. The van der Waals surface area contributed by atoms with Crippen molar-refractivity contribution in [3.8, 4) is 0 Å². The summed E-state index contributed by atoms with van der Waals surface area (Å²) >= 11 is 0. The molecule has 0 aromatic heterocycles. The molecule has 683 valence electrons. The average molecular weight is 1700 g/mol. The minimum atomic E-state index is -0.736. The monoisotopic (exact) mass is 1700 g/mol. The smallest absolute Gasteiger partial charge is 0.161 e. The van der Waals surface area contributed by atoms with Crippen LogP contribution in [-0.4, -0.2) is 8.41 Å². The van der Waals surface area contributed by atoms with E-state index in [9.17, 15) is 48.3 Å². The van der Waals surface area contributed by atoms with E-state index in [1.165, 1.54) is 214 Å². The summed E-state index contributed by atoms with van der Waals surface area (Å²) in [6.07, 6.45) is 23.6. The molecule has 4 aliphatic carbocycles. The van der Waals surface area contributed by atoms with Crippen molar-refractivity contribution in [1.82, 2.24) is 0 Å². The minimum absolute atomic E-state index is 0. The van der Waals surface area contributed by atoms with Crippen molar-refractivity contribution < 1.29 is 51.1 Å². The summed E-state index contributed by atoms with van der Waals surface area (Å²) in [6, 6.07) is 43.7. The first kappa shape index (κ1) is 124. The summed E-state index contributed by atoms with van der Waals surface area (Å²) in [5, 5.41) is 0. The fourth-order valence-electron chi connectivity index (χ4n) is 12.1. The van der Waals surface area contributed by atoms with E-state index in [0.717, 1.165) is 64.0 Å². The third kappa shape index (κ3) is 55.9. The zero-order chi connectivity index (χ0) is 87.4. The molecule has 4 fully saturated rings. The zero-order valence-electron chi connectivity index (χ0n) is 75.6. The Bertz CT molecular complexity index is 3630. The van der Waals surface area contributed by atoms with Crippen LogP contribution in [0.3, 0.4) is 0 Å². The van der Waals surface area contributed by atoms with Crippen LogP contribution in [0.4, 0.5) is 48.3 Å². The lowest BCUT2D eigenvalue weighted by molar-refractivity contribution is 0.308. The van der Waals surface area contributed by atoms with Crippen LogP contribution in [-0.2, 0) is 0 Å². The number of rotatable bonds is 0. The number of hydrogen-bond acceptors (Lipinski definition) is 0. The van der Waals surface area contributed by atoms with Crippen LogP contribution in [0.2, 0.25) is 0 Å². The predicted molar refractivity (Wildman–Crippen MR) is 514 cm³/mol. The minimum Gasteiger partial charge on any atom is -0.207 e. The Hall–Kier alpha value is -7.73. The van der Waals surface area contributed by atoms with Crippen LogP contribution in [0.5, 0.6) is 0 Å². The van der Waals surface area contributed by atoms with Crippen LogP contribution in [0, 0.1) is 236 Å². The van der Waals surface area contributed by atoms with Gasteiger partial charge in [-0.2, -0.15) is 0 Å². The molecule has 3 radical (unpaired) electrons. The van der Waals surface area contributed by atoms with E-state index in [2.05, 4.69) is 132 Å². The van der Waals surface area contributed by atoms with Crippen molar-refractivity contribution in [2.45, 2.75) is 320 Å². The topological polar surface area (TPSA) is 0 Å². The van der Waals surface area contributed by atoms with Crippen LogP contribution in [0.15, 0.2) is 152 Å². The molecule has 0 spiro atoms. The van der Waals surface area contributed by atoms with Crippen LogP contribution in [0.25, 0.3) is 0 Å². The Labute approximate surface area is 738 Å². The molecule has 0 bridgehead atoms. The quantitative estimate of drug-likeness (QED) is 0.105. The second-order valence-electron chi connectivity index (χ2n) is 33.9. The predicted octanol–water partition coefficient (Wildman–Crippen LogP) is 36.9. The van der Waals surface area contributed by atoms with Crippen LogP contribution < -0.4 is 0 Å². The number of benzene rings is 9. The van der Waals surface area contributed by atoms with Crippen molar-refractivity contribution in [1.29, 1.82) is 0 Å². The van der Waals surface area contributed by atoms with Gasteiger partial charge in [-0.05, 0) is 288 Å². The fourth-order valence-corrected chi connectivity index (χ4v) is 12.1. The number of halogens is 11. The van der Waals surface area contributed by atoms with Crippen molar-refractivity contribution in [2.75, 3.05) is 0 Å². The molecule has 4 saturated carbocycles. The molecule has 9 aromatic carbocycles. The lowest BCUT2D eigenvalue weighted by Crippen LogP contribution is -2.08. The van der Waals surface area contributed by atoms with E-state index in [4.69, 9.17) is 0 Å². The van der Waals surface area contributed by atoms with Gasteiger partial charge in [0.1, 0.15) is 52.4 Å². The van der Waals surface area contributed by atoms with Gasteiger partial charge in [-0.25, -0.2) is 48.3 Å². The Morgan fingerprint density at radius 1 is 0.174 bits per heavy atom. The second kappa shape index (κ2) is 66.8. The van der Waals surface area contributed by atoms with E-state index < -0.39 is 46.5 Å². The Morgan fingerprint density at radius 3 is 0.413 bits per heavy atom. The summed E-state index contributed by atoms with van der Waals surface area (Å²) in [5.41, 5.74) is 13.2. The van der Waals surface area contributed by atoms with E-state index >= 15 is 0 Å². The van der Waals surface area contributed by atoms with E-state index in [1.54, 1.807) is 71.9 Å². The lowest BCUT2D eigenvalue weighted by atomic mass is 9.84. The van der Waals surface area contributed by atoms with Crippen molar-refractivity contribution in [2.24, 2.45) is 47.3 Å². The molecular weight excluding hydrogens is 1530 g/mol. The van der Waals surface area contributed by atoms with Gasteiger partial charge in [-0.1, -0.05) is 315 Å². The molecule has 0 heterocycles. The van der Waals surface area contributed by atoms with Gasteiger partial charge in [0.25, 0.3) is 0 Å². The van der Waals surface area contributed by atoms with Crippen molar-refractivity contribution in [3.63, 3.8) is 0 Å². The van der Waals surface area contributed by atoms with Gasteiger partial charge in [0.05, 0.1) is 0 Å². The molecule has 0 nitrogen and oxygen atoms in total. The molecule has 13 rings (SSSR count). The molecule has 0 aliphatic heterocycles. The molecule has 0 unspecified atom stereocenters. The first-order valence-corrected chi connectivity index (χ1v) is 41.7. The molecule has 0 amide bonds. The lowest BCUT2D eigenvalue weighted by Gasteiger charge is -2.22. The third-order valence-electron chi connectivity index (χ3n) is 21.4. The van der Waals surface area contributed by atoms with Crippen LogP contribution in [0.1, 0.15) is 298 Å². The maximum absolute atomic E-state index is 12.6. The fraction of sp³-hybridized carbons (Fsp3) is 0.505. The maximum Gasteiger partial charge on any atom is 0.161 e. The zero-order valence-corrected chi connectivity index (χ0v) is 75.6. The molecule has 4 aliphatic rings. The first-order chi connectivity index (χ1) is 53.8. The van der Waals surface area contributed by atoms with Gasteiger partial charge in [0.2, 0.25) is 0 Å². The van der Waals surface area contributed by atoms with Crippen molar-refractivity contribution >= 4 is 8.41 Å². The summed E-state index contributed by atoms with van der Waals surface area (Å²) in [4.78, 5) is 0. The van der Waals surface area contributed by atoms with E-state index in [0.29, 0.717) is 44.5 Å². The van der Waals surface area contributed by atoms with Gasteiger partial charge in [-0.15, -0.1) is 0 Å². The molecule has 12 heteroatoms. The van der Waals surface area contributed by atoms with Crippen LogP contribution >= 0.6 is 0 Å². The molecular formula is C109H167BF11. The number of hydrogen-bond donors (Lipinski definition) is 0. The highest BCUT2D eigenvalue weighted by Gasteiger charge is 2.17. The molecule has 0 saturated heterocycles. The standard InChI is InChI=1S/4C8H8F2.3C8H9F.4C8H16.2C8H10.5CH4.B.2H2/c3*1-5-3-7(9)6(2)8(10)4-5;1-5-3-4-6(2)8(10)7(5)9;3*1-6-3-4-7(2)8(9)5-6;6*1-7-3-5-8(2)6-4-7;;;;;;;;/h4*3-4H,1-2H3;3*3-5H,1-2H3;4*7-8H,3-6H2,1-2H3;2*3-6H,1-2H3;5*1H4;;2*1H. The van der Waals surface area contributed by atoms with Gasteiger partial charge >= 0.3 is 0 Å². The Balaban J connectivity index is -0.000000193. The first-order valence-electron chi connectivity index (χ1n) is 41.7. The SMILES string of the molecule is C.C.C.C.C.CC1CCC(C)CC1.CC1CCC(C)CC1.CC1CCC(C)CC1.CC1CCC(C)CC1.Cc1cc(F)c(C)c(F)c1.Cc1cc(F)c(C)c(F)c1.Cc1cc(F)c(C)c(F)c1.Cc1ccc(C)c(F)c1.Cc1ccc(C)c(F)c1.Cc1ccc(C)c(F)c1.Cc1ccc(C)c(F)c1F.Cc1ccc(C)cc1.Cc1ccc(C)cc1.[B].[HH].[HH]. The molecule has 9 aromatic rings. The molecule has 121 heavy (non-hydrogen) atoms. The average Bonchev–Trinajstić information content (AvgIpc) is 1.29. The maximum atomic E-state index is 12.6. The van der Waals surface area contributed by atoms with Gasteiger partial charge in [0, 0.05) is 28.0 Å². The highest BCUT2D eigenvalue weighted by molar-refractivity contribution is 5.75. The molecule has 0 atom stereocenters. The van der Waals surface area contributed by atoms with E-state index in [-0.39, 0.29) is 82.5 Å². The van der Waals surface area contributed by atoms with Gasteiger partial charge in [-0.3, -0.25) is 0 Å². The van der Waals surface area contributed by atoms with E-state index in [1.807, 2.05) is 39.0 Å². The summed E-state index contributed by atoms with van der Waals surface area (Å²) in [5.74, 6) is 3.49. The third-order valence-corrected chi connectivity index (χ3v) is 21.4.